The van der Waals surface area contributed by atoms with Gasteiger partial charge in [-0.3, -0.25) is 19.5 Å². The molecule has 0 bridgehead atoms. The number of rotatable bonds is 8. The molecule has 4 rings (SSSR count). The number of hydrogen-bond donors (Lipinski definition) is 2. The Bertz CT molecular complexity index is 1480. The van der Waals surface area contributed by atoms with Gasteiger partial charge in [0.1, 0.15) is 5.01 Å². The second-order valence-electron chi connectivity index (χ2n) is 8.23. The molecule has 14 heteroatoms. The lowest BCUT2D eigenvalue weighted by atomic mass is 10.1. The van der Waals surface area contributed by atoms with E-state index in [0.717, 1.165) is 35.0 Å². The highest BCUT2D eigenvalue weighted by molar-refractivity contribution is 7.99. The summed E-state index contributed by atoms with van der Waals surface area (Å²) in [5.74, 6) is -0.670. The van der Waals surface area contributed by atoms with Crippen molar-refractivity contribution in [1.29, 1.82) is 0 Å². The third kappa shape index (κ3) is 6.55. The van der Waals surface area contributed by atoms with Gasteiger partial charge in [0.25, 0.3) is 5.91 Å². The minimum atomic E-state index is -4.56. The van der Waals surface area contributed by atoms with Crippen molar-refractivity contribution in [1.82, 2.24) is 30.3 Å². The number of alkyl halides is 3. The summed E-state index contributed by atoms with van der Waals surface area (Å²) in [6, 6.07) is 9.94. The van der Waals surface area contributed by atoms with E-state index in [-0.39, 0.29) is 34.9 Å². The lowest BCUT2D eigenvalue weighted by molar-refractivity contribution is -0.137. The zero-order valence-electron chi connectivity index (χ0n) is 20.5. The van der Waals surface area contributed by atoms with Crippen LogP contribution in [0.15, 0.2) is 47.6 Å². The smallest absolute Gasteiger partial charge is 0.345 e. The van der Waals surface area contributed by atoms with Crippen LogP contribution >= 0.6 is 23.1 Å². The topological polar surface area (TPSA) is 115 Å². The van der Waals surface area contributed by atoms with Crippen LogP contribution in [0.5, 0.6) is 0 Å². The second kappa shape index (κ2) is 11.3. The molecule has 0 spiro atoms. The summed E-state index contributed by atoms with van der Waals surface area (Å²) < 4.78 is 41.6. The fourth-order valence-electron chi connectivity index (χ4n) is 3.37. The van der Waals surface area contributed by atoms with Crippen LogP contribution in [0.2, 0.25) is 0 Å². The van der Waals surface area contributed by atoms with E-state index in [1.807, 2.05) is 19.9 Å². The number of carbonyl (C=O) groups excluding carboxylic acids is 2. The predicted molar refractivity (Wildman–Crippen MR) is 137 cm³/mol. The first-order valence-corrected chi connectivity index (χ1v) is 13.0. The van der Waals surface area contributed by atoms with Gasteiger partial charge in [-0.2, -0.15) is 13.2 Å². The van der Waals surface area contributed by atoms with E-state index in [4.69, 9.17) is 0 Å². The fraction of sp³-hybridized carbons (Fsp3) is 0.250. The summed E-state index contributed by atoms with van der Waals surface area (Å²) >= 11 is 2.20. The standard InChI is InChI=1S/C24H22F3N7O2S2/c1-13-7-8-16(9-14(13)2)21(36)28-11-19-31-33-23(37-12-20(35)29-22-32-30-15(3)38-22)34(19)18-6-4-5-17(10-18)24(25,26)27/h4-10H,11-12H2,1-3H3,(H,28,36)(H,29,32,35). The lowest BCUT2D eigenvalue weighted by Gasteiger charge is -2.13. The predicted octanol–water partition coefficient (Wildman–Crippen LogP) is 4.72. The molecule has 4 aromatic rings. The molecule has 0 fully saturated rings. The number of carbonyl (C=O) groups is 2. The molecule has 0 saturated carbocycles. The van der Waals surface area contributed by atoms with Crippen molar-refractivity contribution < 1.29 is 22.8 Å². The molecule has 9 nitrogen and oxygen atoms in total. The summed E-state index contributed by atoms with van der Waals surface area (Å²) in [6.45, 7) is 5.47. The summed E-state index contributed by atoms with van der Waals surface area (Å²) in [5, 5.41) is 22.4. The molecule has 2 amide bonds. The fourth-order valence-corrected chi connectivity index (χ4v) is 4.74. The Morgan fingerprint density at radius 2 is 1.79 bits per heavy atom. The molecule has 2 aromatic carbocycles. The van der Waals surface area contributed by atoms with Gasteiger partial charge in [-0.25, -0.2) is 0 Å². The molecule has 38 heavy (non-hydrogen) atoms. The number of nitrogens with one attached hydrogen (secondary N) is 2. The van der Waals surface area contributed by atoms with Gasteiger partial charge in [0, 0.05) is 5.56 Å². The van der Waals surface area contributed by atoms with E-state index in [9.17, 15) is 22.8 Å². The molecule has 0 saturated heterocycles. The Morgan fingerprint density at radius 1 is 1.00 bits per heavy atom. The van der Waals surface area contributed by atoms with Crippen LogP contribution in [0.1, 0.15) is 37.9 Å². The van der Waals surface area contributed by atoms with Gasteiger partial charge >= 0.3 is 6.18 Å². The molecule has 0 aliphatic rings. The molecule has 0 aliphatic heterocycles. The quantitative estimate of drug-likeness (QED) is 0.299. The maximum absolute atomic E-state index is 13.4. The molecule has 2 aromatic heterocycles. The Hall–Kier alpha value is -3.78. The van der Waals surface area contributed by atoms with Crippen molar-refractivity contribution in [3.8, 4) is 5.69 Å². The SMILES string of the molecule is Cc1nnc(NC(=O)CSc2nnc(CNC(=O)c3ccc(C)c(C)c3)n2-c2cccc(C(F)(F)F)c2)s1. The minimum Gasteiger partial charge on any atom is -0.345 e. The molecule has 2 N–H and O–H groups in total. The summed E-state index contributed by atoms with van der Waals surface area (Å²) in [6.07, 6.45) is -4.56. The van der Waals surface area contributed by atoms with E-state index in [1.165, 1.54) is 28.0 Å². The highest BCUT2D eigenvalue weighted by Gasteiger charge is 2.31. The van der Waals surface area contributed by atoms with Crippen molar-refractivity contribution >= 4 is 40.0 Å². The number of halogens is 3. The van der Waals surface area contributed by atoms with Gasteiger partial charge in [-0.05, 0) is 62.2 Å². The second-order valence-corrected chi connectivity index (χ2v) is 10.4. The monoisotopic (exact) mass is 561 g/mol. The Labute approximate surface area is 223 Å². The molecule has 0 aliphatic carbocycles. The van der Waals surface area contributed by atoms with E-state index < -0.39 is 17.6 Å². The molecule has 0 atom stereocenters. The molecular formula is C24H22F3N7O2S2. The van der Waals surface area contributed by atoms with Gasteiger partial charge in [0.2, 0.25) is 11.0 Å². The average Bonchev–Trinajstić information content (AvgIpc) is 3.47. The number of nitrogens with zero attached hydrogens (tertiary/aromatic N) is 5. The Balaban J connectivity index is 1.57. The number of benzene rings is 2. The first-order chi connectivity index (χ1) is 18.0. The Kier molecular flexibility index (Phi) is 8.11. The van der Waals surface area contributed by atoms with Crippen molar-refractivity contribution in [3.05, 3.63) is 75.6 Å². The van der Waals surface area contributed by atoms with Gasteiger partial charge in [-0.1, -0.05) is 35.2 Å². The van der Waals surface area contributed by atoms with E-state index in [2.05, 4.69) is 31.0 Å². The van der Waals surface area contributed by atoms with Crippen LogP contribution in [-0.4, -0.2) is 42.5 Å². The number of hydrogen-bond acceptors (Lipinski definition) is 8. The van der Waals surface area contributed by atoms with Crippen LogP contribution in [0.25, 0.3) is 5.69 Å². The molecule has 0 radical (unpaired) electrons. The van der Waals surface area contributed by atoms with Crippen molar-refractivity contribution in [3.63, 3.8) is 0 Å². The van der Waals surface area contributed by atoms with Crippen LogP contribution in [0.4, 0.5) is 18.3 Å². The summed E-state index contributed by atoms with van der Waals surface area (Å²) in [5.41, 5.74) is 1.72. The van der Waals surface area contributed by atoms with Crippen molar-refractivity contribution in [2.45, 2.75) is 38.6 Å². The summed E-state index contributed by atoms with van der Waals surface area (Å²) in [7, 11) is 0. The molecule has 2 heterocycles. The van der Waals surface area contributed by atoms with Gasteiger partial charge < -0.3 is 5.32 Å². The van der Waals surface area contributed by atoms with Crippen LogP contribution in [0, 0.1) is 20.8 Å². The zero-order valence-corrected chi connectivity index (χ0v) is 22.1. The number of anilines is 1. The van der Waals surface area contributed by atoms with Gasteiger partial charge in [0.05, 0.1) is 23.5 Å². The molecule has 0 unspecified atom stereocenters. The third-order valence-electron chi connectivity index (χ3n) is 5.41. The first-order valence-electron chi connectivity index (χ1n) is 11.2. The van der Waals surface area contributed by atoms with Gasteiger partial charge in [-0.15, -0.1) is 20.4 Å². The maximum atomic E-state index is 13.4. The van der Waals surface area contributed by atoms with Gasteiger partial charge in [0.15, 0.2) is 11.0 Å². The molecular weight excluding hydrogens is 539 g/mol. The van der Waals surface area contributed by atoms with Crippen LogP contribution in [-0.2, 0) is 17.5 Å². The maximum Gasteiger partial charge on any atom is 0.416 e. The number of amides is 2. The highest BCUT2D eigenvalue weighted by atomic mass is 32.2. The highest BCUT2D eigenvalue weighted by Crippen LogP contribution is 2.32. The zero-order chi connectivity index (χ0) is 27.4. The average molecular weight is 562 g/mol. The third-order valence-corrected chi connectivity index (χ3v) is 7.10. The van der Waals surface area contributed by atoms with E-state index in [1.54, 1.807) is 19.1 Å². The lowest BCUT2D eigenvalue weighted by Crippen LogP contribution is -2.25. The minimum absolute atomic E-state index is 0.105. The first kappa shape index (κ1) is 27.3. The van der Waals surface area contributed by atoms with E-state index >= 15 is 0 Å². The van der Waals surface area contributed by atoms with Crippen LogP contribution in [0.3, 0.4) is 0 Å². The van der Waals surface area contributed by atoms with Crippen LogP contribution < -0.4 is 10.6 Å². The van der Waals surface area contributed by atoms with E-state index in [0.29, 0.717) is 15.7 Å². The summed E-state index contributed by atoms with van der Waals surface area (Å²) in [4.78, 5) is 25.1. The number of thioether (sulfide) groups is 1. The number of aromatic nitrogens is 5. The normalized spacial score (nSPS) is 11.4. The number of aryl methyl sites for hydroxylation is 3. The Morgan fingerprint density at radius 3 is 2.47 bits per heavy atom. The van der Waals surface area contributed by atoms with Crippen molar-refractivity contribution in [2.24, 2.45) is 0 Å². The largest absolute Gasteiger partial charge is 0.416 e. The molecule has 198 valence electrons. The van der Waals surface area contributed by atoms with Crippen molar-refractivity contribution in [2.75, 3.05) is 11.1 Å².